The zero-order chi connectivity index (χ0) is 35.9. The maximum atomic E-state index is 7.78. The fourth-order valence-electron chi connectivity index (χ4n) is 7.52. The molecular formula is C45H61BrO2Si2. The van der Waals surface area contributed by atoms with E-state index in [-0.39, 0.29) is 16.2 Å². The van der Waals surface area contributed by atoms with Gasteiger partial charge in [-0.15, -0.1) is 0 Å². The van der Waals surface area contributed by atoms with E-state index in [9.17, 15) is 0 Å². The van der Waals surface area contributed by atoms with Crippen LogP contribution in [0.4, 0.5) is 0 Å². The Morgan fingerprint density at radius 1 is 0.540 bits per heavy atom. The predicted octanol–water partition coefficient (Wildman–Crippen LogP) is 10.6. The minimum Gasteiger partial charge on any atom is -0.407 e. The second kappa shape index (κ2) is 19.3. The Labute approximate surface area is 315 Å². The Morgan fingerprint density at radius 3 is 1.36 bits per heavy atom. The van der Waals surface area contributed by atoms with Gasteiger partial charge >= 0.3 is 0 Å². The summed E-state index contributed by atoms with van der Waals surface area (Å²) in [5.74, 6) is 0. The fraction of sp³-hybridized carbons (Fsp3) is 0.422. The van der Waals surface area contributed by atoms with Gasteiger partial charge < -0.3 is 8.85 Å². The SMILES string of the molecule is CC(C)(C)[Si](OCC[C@H](C/C=C\CCCCCCCBr)O[Si](c1ccccc1)(c1ccccc1)C(C)(C)C)(c1ccccc1)c1ccccc1. The topological polar surface area (TPSA) is 18.5 Å². The Hall–Kier alpha value is -2.55. The zero-order valence-corrected chi connectivity index (χ0v) is 35.1. The number of allylic oxidation sites excluding steroid dienone is 1. The van der Waals surface area contributed by atoms with Crippen LogP contribution in [0.3, 0.4) is 0 Å². The van der Waals surface area contributed by atoms with E-state index in [0.717, 1.165) is 24.6 Å². The normalized spacial score (nSPS) is 13.5. The predicted molar refractivity (Wildman–Crippen MR) is 226 cm³/mol. The molecule has 0 aliphatic heterocycles. The molecular weight excluding hydrogens is 709 g/mol. The van der Waals surface area contributed by atoms with Crippen LogP contribution in [0.15, 0.2) is 133 Å². The molecule has 0 aromatic heterocycles. The van der Waals surface area contributed by atoms with Crippen LogP contribution in [0.25, 0.3) is 0 Å². The molecule has 50 heavy (non-hydrogen) atoms. The van der Waals surface area contributed by atoms with Gasteiger partial charge in [0.15, 0.2) is 0 Å². The molecule has 0 saturated carbocycles. The van der Waals surface area contributed by atoms with Crippen LogP contribution in [0.2, 0.25) is 10.1 Å². The van der Waals surface area contributed by atoms with Crippen LogP contribution >= 0.6 is 15.9 Å². The molecule has 0 spiro atoms. The Morgan fingerprint density at radius 2 is 0.940 bits per heavy atom. The third-order valence-electron chi connectivity index (χ3n) is 10.0. The molecule has 0 saturated heterocycles. The van der Waals surface area contributed by atoms with E-state index in [4.69, 9.17) is 8.85 Å². The molecule has 4 aromatic rings. The van der Waals surface area contributed by atoms with Crippen molar-refractivity contribution in [1.82, 2.24) is 0 Å². The highest BCUT2D eigenvalue weighted by Gasteiger charge is 2.52. The van der Waals surface area contributed by atoms with Crippen LogP contribution in [0.1, 0.15) is 92.9 Å². The van der Waals surface area contributed by atoms with Crippen molar-refractivity contribution in [2.24, 2.45) is 0 Å². The van der Waals surface area contributed by atoms with Gasteiger partial charge in [0, 0.05) is 11.9 Å². The Balaban J connectivity index is 1.69. The molecule has 268 valence electrons. The first-order valence-electron chi connectivity index (χ1n) is 18.8. The number of alkyl halides is 1. The van der Waals surface area contributed by atoms with Crippen molar-refractivity contribution in [3.05, 3.63) is 133 Å². The van der Waals surface area contributed by atoms with Gasteiger partial charge in [-0.1, -0.05) is 210 Å². The molecule has 0 amide bonds. The van der Waals surface area contributed by atoms with E-state index < -0.39 is 16.6 Å². The minimum absolute atomic E-state index is 0.00898. The van der Waals surface area contributed by atoms with Crippen LogP contribution < -0.4 is 20.7 Å². The first kappa shape index (κ1) is 40.2. The standard InChI is InChI=1S/C45H61BrO2Si2/c1-44(2,3)49(40-28-18-13-19-29-40,41-30-20-14-21-31-41)47-38-36-39(27-17-11-9-7-8-10-12-26-37-46)48-50(45(4,5)6,42-32-22-15-23-33-42)43-34-24-16-25-35-43/h11,13-25,28-35,39H,7-10,12,26-27,36-38H2,1-6H3/b17-11-/t39-/m0/s1. The summed E-state index contributed by atoms with van der Waals surface area (Å²) < 4.78 is 15.2. The van der Waals surface area contributed by atoms with Crippen molar-refractivity contribution in [2.45, 2.75) is 109 Å². The van der Waals surface area contributed by atoms with Crippen molar-refractivity contribution in [1.29, 1.82) is 0 Å². The lowest BCUT2D eigenvalue weighted by molar-refractivity contribution is 0.150. The van der Waals surface area contributed by atoms with Crippen molar-refractivity contribution in [3.63, 3.8) is 0 Å². The molecule has 0 fully saturated rings. The summed E-state index contributed by atoms with van der Waals surface area (Å²) in [6.45, 7) is 14.8. The maximum Gasteiger partial charge on any atom is 0.261 e. The lowest BCUT2D eigenvalue weighted by atomic mass is 10.1. The minimum atomic E-state index is -2.75. The van der Waals surface area contributed by atoms with Gasteiger partial charge in [0.2, 0.25) is 0 Å². The smallest absolute Gasteiger partial charge is 0.261 e. The highest BCUT2D eigenvalue weighted by Crippen LogP contribution is 2.39. The summed E-state index contributed by atoms with van der Waals surface area (Å²) in [4.78, 5) is 0. The second-order valence-corrected chi connectivity index (χ2v) is 25.0. The molecule has 5 heteroatoms. The van der Waals surface area contributed by atoms with E-state index >= 15 is 0 Å². The zero-order valence-electron chi connectivity index (χ0n) is 31.5. The van der Waals surface area contributed by atoms with Crippen molar-refractivity contribution in [2.75, 3.05) is 11.9 Å². The lowest BCUT2D eigenvalue weighted by Crippen LogP contribution is -2.68. The molecule has 0 N–H and O–H groups in total. The third-order valence-corrected chi connectivity index (χ3v) is 20.7. The van der Waals surface area contributed by atoms with Gasteiger partial charge in [-0.2, -0.15) is 0 Å². The van der Waals surface area contributed by atoms with Gasteiger partial charge in [-0.05, 0) is 62.9 Å². The number of benzene rings is 4. The van der Waals surface area contributed by atoms with Gasteiger partial charge in [0.05, 0.1) is 6.10 Å². The monoisotopic (exact) mass is 768 g/mol. The highest BCUT2D eigenvalue weighted by atomic mass is 79.9. The molecule has 0 unspecified atom stereocenters. The Bertz CT molecular complexity index is 1450. The van der Waals surface area contributed by atoms with Crippen molar-refractivity contribution in [3.8, 4) is 0 Å². The summed E-state index contributed by atoms with van der Waals surface area (Å²) in [5.41, 5.74) is 0. The molecule has 0 bridgehead atoms. The summed E-state index contributed by atoms with van der Waals surface area (Å²) in [6.07, 6.45) is 14.1. The largest absolute Gasteiger partial charge is 0.407 e. The third kappa shape index (κ3) is 10.1. The van der Waals surface area contributed by atoms with Crippen LogP contribution in [-0.4, -0.2) is 34.7 Å². The number of rotatable bonds is 19. The molecule has 1 atom stereocenters. The molecule has 0 radical (unpaired) electrons. The molecule has 0 heterocycles. The molecule has 4 aromatic carbocycles. The second-order valence-electron chi connectivity index (χ2n) is 15.7. The quantitative estimate of drug-likeness (QED) is 0.0409. The summed E-state index contributed by atoms with van der Waals surface area (Å²) in [5, 5.41) is 6.23. The number of hydrogen-bond acceptors (Lipinski definition) is 2. The van der Waals surface area contributed by atoms with Crippen LogP contribution in [-0.2, 0) is 8.85 Å². The van der Waals surface area contributed by atoms with Crippen LogP contribution in [0, 0.1) is 0 Å². The first-order chi connectivity index (χ1) is 24.1. The van der Waals surface area contributed by atoms with E-state index in [2.05, 4.69) is 191 Å². The first-order valence-corrected chi connectivity index (χ1v) is 23.7. The van der Waals surface area contributed by atoms with Crippen molar-refractivity contribution >= 4 is 53.3 Å². The summed E-state index contributed by atoms with van der Waals surface area (Å²) >= 11 is 3.56. The average molecular weight is 770 g/mol. The summed E-state index contributed by atoms with van der Waals surface area (Å²) in [7, 11) is -5.42. The molecule has 0 aliphatic rings. The highest BCUT2D eigenvalue weighted by molar-refractivity contribution is 9.09. The average Bonchev–Trinajstić information content (AvgIpc) is 3.11. The number of hydrogen-bond donors (Lipinski definition) is 0. The fourth-order valence-corrected chi connectivity index (χ4v) is 17.2. The van der Waals surface area contributed by atoms with Gasteiger partial charge in [0.25, 0.3) is 16.6 Å². The van der Waals surface area contributed by atoms with Gasteiger partial charge in [0.1, 0.15) is 0 Å². The molecule has 0 aliphatic carbocycles. The van der Waals surface area contributed by atoms with Gasteiger partial charge in [-0.3, -0.25) is 0 Å². The van der Waals surface area contributed by atoms with E-state index in [0.29, 0.717) is 6.61 Å². The Kier molecular flexibility index (Phi) is 15.6. The van der Waals surface area contributed by atoms with Crippen molar-refractivity contribution < 1.29 is 8.85 Å². The van der Waals surface area contributed by atoms with Crippen LogP contribution in [0.5, 0.6) is 0 Å². The van der Waals surface area contributed by atoms with E-state index in [1.807, 2.05) is 0 Å². The van der Waals surface area contributed by atoms with Gasteiger partial charge in [-0.25, -0.2) is 0 Å². The number of unbranched alkanes of at least 4 members (excludes halogenated alkanes) is 5. The van der Waals surface area contributed by atoms with E-state index in [1.165, 1.54) is 52.9 Å². The molecule has 4 rings (SSSR count). The lowest BCUT2D eigenvalue weighted by Gasteiger charge is -2.46. The summed E-state index contributed by atoms with van der Waals surface area (Å²) in [6, 6.07) is 44.1. The maximum absolute atomic E-state index is 7.78. The molecule has 2 nitrogen and oxygen atoms in total. The number of halogens is 1. The van der Waals surface area contributed by atoms with E-state index in [1.54, 1.807) is 0 Å².